The number of morpholine rings is 1. The van der Waals surface area contributed by atoms with E-state index in [4.69, 9.17) is 4.74 Å². The number of carboxylic acids is 1. The molecule has 7 nitrogen and oxygen atoms in total. The van der Waals surface area contributed by atoms with Crippen LogP contribution in [0.15, 0.2) is 54.9 Å². The molecule has 0 radical (unpaired) electrons. The van der Waals surface area contributed by atoms with Gasteiger partial charge in [-0.2, -0.15) is 0 Å². The van der Waals surface area contributed by atoms with E-state index in [-0.39, 0.29) is 5.56 Å². The molecule has 0 atom stereocenters. The van der Waals surface area contributed by atoms with Crippen LogP contribution in [0.3, 0.4) is 0 Å². The van der Waals surface area contributed by atoms with Gasteiger partial charge >= 0.3 is 5.97 Å². The first-order chi connectivity index (χ1) is 13.7. The van der Waals surface area contributed by atoms with Gasteiger partial charge in [-0.3, -0.25) is 4.98 Å². The Morgan fingerprint density at radius 3 is 2.43 bits per heavy atom. The summed E-state index contributed by atoms with van der Waals surface area (Å²) in [7, 11) is 0. The molecule has 0 amide bonds. The van der Waals surface area contributed by atoms with Gasteiger partial charge < -0.3 is 14.7 Å². The Bertz CT molecular complexity index is 958. The molecule has 0 bridgehead atoms. The number of benzene rings is 1. The fourth-order valence-electron chi connectivity index (χ4n) is 3.26. The minimum atomic E-state index is -1.02. The Labute approximate surface area is 162 Å². The Kier molecular flexibility index (Phi) is 5.25. The first kappa shape index (κ1) is 18.1. The van der Waals surface area contributed by atoms with Crippen molar-refractivity contribution in [3.05, 3.63) is 71.7 Å². The third-order valence-electron chi connectivity index (χ3n) is 4.64. The number of pyridine rings is 1. The summed E-state index contributed by atoms with van der Waals surface area (Å²) < 4.78 is 5.42. The van der Waals surface area contributed by atoms with Crippen molar-refractivity contribution in [1.29, 1.82) is 0 Å². The van der Waals surface area contributed by atoms with E-state index in [1.807, 2.05) is 47.4 Å². The Hall–Kier alpha value is -3.32. The van der Waals surface area contributed by atoms with Crippen LogP contribution in [-0.2, 0) is 11.2 Å². The molecule has 1 fully saturated rings. The maximum atomic E-state index is 12.2. The summed E-state index contributed by atoms with van der Waals surface area (Å²) >= 11 is 0. The fraction of sp³-hybridized carbons (Fsp3) is 0.238. The zero-order valence-corrected chi connectivity index (χ0v) is 15.3. The van der Waals surface area contributed by atoms with Gasteiger partial charge in [0.2, 0.25) is 0 Å². The highest BCUT2D eigenvalue weighted by Crippen LogP contribution is 2.27. The van der Waals surface area contributed by atoms with Crippen LogP contribution < -0.4 is 4.90 Å². The van der Waals surface area contributed by atoms with Crippen LogP contribution in [0.1, 0.15) is 21.6 Å². The molecule has 1 aliphatic heterocycles. The number of aromatic carboxylic acids is 1. The van der Waals surface area contributed by atoms with Crippen LogP contribution in [0.25, 0.3) is 11.4 Å². The van der Waals surface area contributed by atoms with Gasteiger partial charge in [-0.1, -0.05) is 30.3 Å². The number of aromatic nitrogens is 3. The summed E-state index contributed by atoms with van der Waals surface area (Å²) in [6.07, 6.45) is 3.77. The summed E-state index contributed by atoms with van der Waals surface area (Å²) in [5.41, 5.74) is 2.46. The third-order valence-corrected chi connectivity index (χ3v) is 4.64. The van der Waals surface area contributed by atoms with Crippen molar-refractivity contribution >= 4 is 11.8 Å². The highest BCUT2D eigenvalue weighted by molar-refractivity contribution is 5.95. The lowest BCUT2D eigenvalue weighted by Crippen LogP contribution is -2.38. The highest BCUT2D eigenvalue weighted by Gasteiger charge is 2.26. The van der Waals surface area contributed by atoms with E-state index in [9.17, 15) is 9.90 Å². The quantitative estimate of drug-likeness (QED) is 0.732. The van der Waals surface area contributed by atoms with Crippen LogP contribution >= 0.6 is 0 Å². The zero-order valence-electron chi connectivity index (χ0n) is 15.3. The van der Waals surface area contributed by atoms with E-state index in [1.165, 1.54) is 0 Å². The van der Waals surface area contributed by atoms with E-state index in [1.54, 1.807) is 12.4 Å². The maximum absolute atomic E-state index is 12.2. The maximum Gasteiger partial charge on any atom is 0.341 e. The monoisotopic (exact) mass is 376 g/mol. The number of rotatable bonds is 5. The van der Waals surface area contributed by atoms with Gasteiger partial charge in [0.15, 0.2) is 5.82 Å². The Morgan fingerprint density at radius 2 is 1.75 bits per heavy atom. The fourth-order valence-corrected chi connectivity index (χ4v) is 3.26. The van der Waals surface area contributed by atoms with Gasteiger partial charge in [-0.15, -0.1) is 0 Å². The first-order valence-electron chi connectivity index (χ1n) is 9.13. The van der Waals surface area contributed by atoms with Crippen LogP contribution in [-0.4, -0.2) is 52.3 Å². The van der Waals surface area contributed by atoms with Gasteiger partial charge in [0.25, 0.3) is 0 Å². The number of carbonyl (C=O) groups is 1. The molecule has 1 aliphatic rings. The molecule has 0 unspecified atom stereocenters. The molecule has 2 aromatic heterocycles. The number of ether oxygens (including phenoxy) is 1. The average Bonchev–Trinajstić information content (AvgIpc) is 2.75. The van der Waals surface area contributed by atoms with Crippen molar-refractivity contribution in [2.75, 3.05) is 31.2 Å². The topological polar surface area (TPSA) is 88.4 Å². The lowest BCUT2D eigenvalue weighted by molar-refractivity contribution is 0.0694. The van der Waals surface area contributed by atoms with Crippen molar-refractivity contribution in [1.82, 2.24) is 15.0 Å². The normalized spacial score (nSPS) is 14.1. The second-order valence-corrected chi connectivity index (χ2v) is 6.50. The lowest BCUT2D eigenvalue weighted by atomic mass is 10.0. The minimum Gasteiger partial charge on any atom is -0.477 e. The molecule has 3 aromatic rings. The van der Waals surface area contributed by atoms with E-state index in [0.717, 1.165) is 11.1 Å². The second-order valence-electron chi connectivity index (χ2n) is 6.50. The molecular weight excluding hydrogens is 356 g/mol. The Balaban J connectivity index is 1.87. The molecule has 0 saturated carbocycles. The number of hydrogen-bond acceptors (Lipinski definition) is 6. The first-order valence-corrected chi connectivity index (χ1v) is 9.13. The standard InChI is InChI=1S/C21H20N4O3/c26-21(27)18-17(14-15-4-2-1-3-5-15)23-19(16-6-8-22-9-7-16)24-20(18)25-10-12-28-13-11-25/h1-9H,10-14H2,(H,26,27). The van der Waals surface area contributed by atoms with Gasteiger partial charge in [0.1, 0.15) is 11.4 Å². The summed E-state index contributed by atoms with van der Waals surface area (Å²) in [4.78, 5) is 27.5. The van der Waals surface area contributed by atoms with E-state index in [2.05, 4.69) is 15.0 Å². The predicted octanol–water partition coefficient (Wildman–Crippen LogP) is 2.66. The summed E-state index contributed by atoms with van der Waals surface area (Å²) in [6, 6.07) is 13.4. The number of anilines is 1. The SMILES string of the molecule is O=C(O)c1c(Cc2ccccc2)nc(-c2ccncc2)nc1N1CCOCC1. The summed E-state index contributed by atoms with van der Waals surface area (Å²) in [6.45, 7) is 2.28. The Morgan fingerprint density at radius 1 is 1.04 bits per heavy atom. The minimum absolute atomic E-state index is 0.156. The van der Waals surface area contributed by atoms with Crippen LogP contribution in [0.2, 0.25) is 0 Å². The van der Waals surface area contributed by atoms with Gasteiger partial charge in [-0.05, 0) is 17.7 Å². The largest absolute Gasteiger partial charge is 0.477 e. The summed E-state index contributed by atoms with van der Waals surface area (Å²) in [5, 5.41) is 9.97. The smallest absolute Gasteiger partial charge is 0.341 e. The molecule has 1 aromatic carbocycles. The molecule has 142 valence electrons. The molecule has 3 heterocycles. The van der Waals surface area contributed by atoms with Gasteiger partial charge in [0, 0.05) is 37.5 Å². The third kappa shape index (κ3) is 3.84. The lowest BCUT2D eigenvalue weighted by Gasteiger charge is -2.29. The molecule has 7 heteroatoms. The number of nitrogens with zero attached hydrogens (tertiary/aromatic N) is 4. The molecule has 28 heavy (non-hydrogen) atoms. The molecule has 4 rings (SSSR count). The molecular formula is C21H20N4O3. The molecule has 0 spiro atoms. The van der Waals surface area contributed by atoms with Crippen LogP contribution in [0.5, 0.6) is 0 Å². The van der Waals surface area contributed by atoms with Crippen molar-refractivity contribution in [2.24, 2.45) is 0 Å². The zero-order chi connectivity index (χ0) is 19.3. The summed E-state index contributed by atoms with van der Waals surface area (Å²) in [5.74, 6) is -0.0722. The van der Waals surface area contributed by atoms with Gasteiger partial charge in [-0.25, -0.2) is 14.8 Å². The van der Waals surface area contributed by atoms with E-state index >= 15 is 0 Å². The van der Waals surface area contributed by atoms with E-state index in [0.29, 0.717) is 50.1 Å². The predicted molar refractivity (Wildman–Crippen MR) is 105 cm³/mol. The molecule has 1 saturated heterocycles. The average molecular weight is 376 g/mol. The number of hydrogen-bond donors (Lipinski definition) is 1. The highest BCUT2D eigenvalue weighted by atomic mass is 16.5. The molecule has 1 N–H and O–H groups in total. The van der Waals surface area contributed by atoms with Crippen molar-refractivity contribution < 1.29 is 14.6 Å². The second kappa shape index (κ2) is 8.14. The van der Waals surface area contributed by atoms with E-state index < -0.39 is 5.97 Å². The van der Waals surface area contributed by atoms with Crippen molar-refractivity contribution in [3.63, 3.8) is 0 Å². The van der Waals surface area contributed by atoms with Crippen LogP contribution in [0, 0.1) is 0 Å². The van der Waals surface area contributed by atoms with Crippen molar-refractivity contribution in [2.45, 2.75) is 6.42 Å². The van der Waals surface area contributed by atoms with Crippen molar-refractivity contribution in [3.8, 4) is 11.4 Å². The number of carboxylic acid groups (broad SMARTS) is 1. The van der Waals surface area contributed by atoms with Gasteiger partial charge in [0.05, 0.1) is 18.9 Å². The molecule has 0 aliphatic carbocycles. The van der Waals surface area contributed by atoms with Crippen LogP contribution in [0.4, 0.5) is 5.82 Å².